The maximum Gasteiger partial charge on any atom is 0.0487 e. The number of fused-ring (bicyclic) bond motifs is 3. The molecule has 0 aromatic heterocycles. The quantitative estimate of drug-likeness (QED) is 0.799. The fourth-order valence-electron chi connectivity index (χ4n) is 3.36. The zero-order valence-corrected chi connectivity index (χ0v) is 11.8. The molecule has 18 heavy (non-hydrogen) atoms. The van der Waals surface area contributed by atoms with Crippen molar-refractivity contribution >= 4 is 22.4 Å². The second-order valence-electron chi connectivity index (χ2n) is 5.80. The van der Waals surface area contributed by atoms with Gasteiger partial charge < -0.3 is 5.32 Å². The van der Waals surface area contributed by atoms with Crippen LogP contribution < -0.4 is 5.32 Å². The van der Waals surface area contributed by atoms with E-state index in [1.807, 2.05) is 7.05 Å². The molecule has 2 aromatic rings. The molecule has 2 heteroatoms. The lowest BCUT2D eigenvalue weighted by atomic mass is 9.83. The van der Waals surface area contributed by atoms with E-state index in [0.717, 1.165) is 11.4 Å². The van der Waals surface area contributed by atoms with Crippen molar-refractivity contribution in [2.24, 2.45) is 0 Å². The number of halogens is 1. The van der Waals surface area contributed by atoms with Crippen LogP contribution in [0.3, 0.4) is 0 Å². The highest BCUT2D eigenvalue weighted by molar-refractivity contribution is 6.35. The summed E-state index contributed by atoms with van der Waals surface area (Å²) in [5, 5.41) is 6.75. The van der Waals surface area contributed by atoms with E-state index in [1.54, 1.807) is 0 Å². The van der Waals surface area contributed by atoms with Gasteiger partial charge in [-0.2, -0.15) is 0 Å². The smallest absolute Gasteiger partial charge is 0.0487 e. The summed E-state index contributed by atoms with van der Waals surface area (Å²) in [6.45, 7) is 4.65. The number of hydrogen-bond donors (Lipinski definition) is 1. The Morgan fingerprint density at radius 1 is 1.22 bits per heavy atom. The average molecular weight is 260 g/mol. The molecule has 2 aromatic carbocycles. The first-order chi connectivity index (χ1) is 8.54. The molecule has 0 bridgehead atoms. The molecule has 1 atom stereocenters. The molecule has 0 saturated heterocycles. The Morgan fingerprint density at radius 2 is 1.89 bits per heavy atom. The second kappa shape index (κ2) is 3.97. The molecule has 3 rings (SSSR count). The lowest BCUT2D eigenvalue weighted by Crippen LogP contribution is -2.17. The van der Waals surface area contributed by atoms with Gasteiger partial charge in [0.25, 0.3) is 0 Å². The summed E-state index contributed by atoms with van der Waals surface area (Å²) in [7, 11) is 2.03. The highest BCUT2D eigenvalue weighted by atomic mass is 35.5. The van der Waals surface area contributed by atoms with Gasteiger partial charge in [-0.05, 0) is 41.5 Å². The van der Waals surface area contributed by atoms with Gasteiger partial charge in [0.2, 0.25) is 0 Å². The lowest BCUT2D eigenvalue weighted by Gasteiger charge is -2.21. The van der Waals surface area contributed by atoms with Crippen molar-refractivity contribution in [1.29, 1.82) is 0 Å². The van der Waals surface area contributed by atoms with Gasteiger partial charge in [0.05, 0.1) is 0 Å². The highest BCUT2D eigenvalue weighted by Gasteiger charge is 2.37. The molecule has 0 fully saturated rings. The van der Waals surface area contributed by atoms with E-state index in [1.165, 1.54) is 21.9 Å². The van der Waals surface area contributed by atoms with Crippen LogP contribution in [0.1, 0.15) is 37.4 Å². The number of benzene rings is 2. The first-order valence-electron chi connectivity index (χ1n) is 6.43. The average Bonchev–Trinajstić information content (AvgIpc) is 2.61. The summed E-state index contributed by atoms with van der Waals surface area (Å²) in [6, 6.07) is 11.0. The van der Waals surface area contributed by atoms with Crippen molar-refractivity contribution in [1.82, 2.24) is 5.32 Å². The standard InChI is InChI=1S/C16H18ClN/c1-16(2)9-14(18-3)12-8-13(17)10-6-4-5-7-11(10)15(12)16/h4-8,14,18H,9H2,1-3H3. The summed E-state index contributed by atoms with van der Waals surface area (Å²) in [5.41, 5.74) is 3.03. The van der Waals surface area contributed by atoms with Gasteiger partial charge in [0.15, 0.2) is 0 Å². The van der Waals surface area contributed by atoms with Crippen LogP contribution in [0.5, 0.6) is 0 Å². The van der Waals surface area contributed by atoms with Gasteiger partial charge in [-0.3, -0.25) is 0 Å². The number of hydrogen-bond acceptors (Lipinski definition) is 1. The Labute approximate surface area is 113 Å². The Bertz CT molecular complexity index is 616. The molecule has 0 radical (unpaired) electrons. The van der Waals surface area contributed by atoms with Gasteiger partial charge in [-0.15, -0.1) is 0 Å². The van der Waals surface area contributed by atoms with Crippen molar-refractivity contribution in [3.05, 3.63) is 46.5 Å². The monoisotopic (exact) mass is 259 g/mol. The minimum absolute atomic E-state index is 0.202. The first kappa shape index (κ1) is 12.0. The molecule has 1 N–H and O–H groups in total. The molecule has 1 aliphatic carbocycles. The fourth-order valence-corrected chi connectivity index (χ4v) is 3.64. The van der Waals surface area contributed by atoms with Crippen LogP contribution in [0.4, 0.5) is 0 Å². The van der Waals surface area contributed by atoms with Crippen LogP contribution in [0, 0.1) is 0 Å². The van der Waals surface area contributed by atoms with Gasteiger partial charge in [0.1, 0.15) is 0 Å². The molecule has 1 aliphatic rings. The van der Waals surface area contributed by atoms with Gasteiger partial charge in [-0.25, -0.2) is 0 Å². The van der Waals surface area contributed by atoms with E-state index in [4.69, 9.17) is 11.6 Å². The summed E-state index contributed by atoms with van der Waals surface area (Å²) in [4.78, 5) is 0. The van der Waals surface area contributed by atoms with E-state index in [-0.39, 0.29) is 5.41 Å². The third-order valence-corrected chi connectivity index (χ3v) is 4.45. The van der Waals surface area contributed by atoms with Crippen LogP contribution in [0.15, 0.2) is 30.3 Å². The number of nitrogens with one attached hydrogen (secondary N) is 1. The highest BCUT2D eigenvalue weighted by Crippen LogP contribution is 2.49. The topological polar surface area (TPSA) is 12.0 Å². The van der Waals surface area contributed by atoms with E-state index < -0.39 is 0 Å². The normalized spacial score (nSPS) is 21.2. The van der Waals surface area contributed by atoms with Crippen molar-refractivity contribution < 1.29 is 0 Å². The molecular formula is C16H18ClN. The summed E-state index contributed by atoms with van der Waals surface area (Å²) in [6.07, 6.45) is 1.13. The minimum Gasteiger partial charge on any atom is -0.313 e. The second-order valence-corrected chi connectivity index (χ2v) is 6.20. The van der Waals surface area contributed by atoms with E-state index in [2.05, 4.69) is 49.5 Å². The zero-order chi connectivity index (χ0) is 12.9. The minimum atomic E-state index is 0.202. The molecule has 0 spiro atoms. The molecular weight excluding hydrogens is 242 g/mol. The van der Waals surface area contributed by atoms with Crippen molar-refractivity contribution in [3.8, 4) is 0 Å². The SMILES string of the molecule is CNC1CC(C)(C)c2c1cc(Cl)c1ccccc21. The zero-order valence-electron chi connectivity index (χ0n) is 11.0. The van der Waals surface area contributed by atoms with E-state index in [9.17, 15) is 0 Å². The Hall–Kier alpha value is -1.05. The predicted molar refractivity (Wildman–Crippen MR) is 78.4 cm³/mol. The van der Waals surface area contributed by atoms with Crippen LogP contribution in [-0.4, -0.2) is 7.05 Å². The lowest BCUT2D eigenvalue weighted by molar-refractivity contribution is 0.448. The Kier molecular flexibility index (Phi) is 2.65. The van der Waals surface area contributed by atoms with Crippen LogP contribution in [-0.2, 0) is 5.41 Å². The molecule has 0 aliphatic heterocycles. The molecule has 1 nitrogen and oxygen atoms in total. The van der Waals surface area contributed by atoms with Crippen molar-refractivity contribution in [2.75, 3.05) is 7.05 Å². The van der Waals surface area contributed by atoms with Crippen LogP contribution >= 0.6 is 11.6 Å². The summed E-state index contributed by atoms with van der Waals surface area (Å²) < 4.78 is 0. The fraction of sp³-hybridized carbons (Fsp3) is 0.375. The predicted octanol–water partition coefficient (Wildman–Crippen LogP) is 4.44. The van der Waals surface area contributed by atoms with Gasteiger partial charge in [-0.1, -0.05) is 49.7 Å². The van der Waals surface area contributed by atoms with Gasteiger partial charge in [0, 0.05) is 16.5 Å². The number of rotatable bonds is 1. The molecule has 0 heterocycles. The van der Waals surface area contributed by atoms with E-state index >= 15 is 0 Å². The van der Waals surface area contributed by atoms with Crippen LogP contribution in [0.2, 0.25) is 5.02 Å². The third kappa shape index (κ3) is 1.58. The maximum absolute atomic E-state index is 6.43. The Balaban J connectivity index is 2.41. The van der Waals surface area contributed by atoms with Crippen molar-refractivity contribution in [2.45, 2.75) is 31.7 Å². The maximum atomic E-state index is 6.43. The largest absolute Gasteiger partial charge is 0.313 e. The Morgan fingerprint density at radius 3 is 2.56 bits per heavy atom. The summed E-state index contributed by atoms with van der Waals surface area (Å²) in [5.74, 6) is 0. The summed E-state index contributed by atoms with van der Waals surface area (Å²) >= 11 is 6.43. The molecule has 0 saturated carbocycles. The van der Waals surface area contributed by atoms with Gasteiger partial charge >= 0.3 is 0 Å². The third-order valence-electron chi connectivity index (χ3n) is 4.14. The molecule has 94 valence electrons. The van der Waals surface area contributed by atoms with E-state index in [0.29, 0.717) is 6.04 Å². The van der Waals surface area contributed by atoms with Crippen LogP contribution in [0.25, 0.3) is 10.8 Å². The molecule has 0 amide bonds. The molecule has 1 unspecified atom stereocenters. The van der Waals surface area contributed by atoms with Crippen molar-refractivity contribution in [3.63, 3.8) is 0 Å². The first-order valence-corrected chi connectivity index (χ1v) is 6.81.